The number of aromatic hydroxyl groups is 2. The Morgan fingerprint density at radius 2 is 1.48 bits per heavy atom. The van der Waals surface area contributed by atoms with Crippen molar-refractivity contribution >= 4 is 23.2 Å². The van der Waals surface area contributed by atoms with E-state index < -0.39 is 11.6 Å². The number of fused-ring (bicyclic) bond motifs is 2. The molecule has 106 valence electrons. The summed E-state index contributed by atoms with van der Waals surface area (Å²) in [4.78, 5) is 25.1. The van der Waals surface area contributed by atoms with E-state index >= 15 is 0 Å². The Balaban J connectivity index is 2.35. The number of rotatable bonds is 1. The van der Waals surface area contributed by atoms with Gasteiger partial charge in [-0.3, -0.25) is 9.59 Å². The molecule has 0 saturated carbocycles. The minimum absolute atomic E-state index is 0.0629. The summed E-state index contributed by atoms with van der Waals surface area (Å²) in [5.41, 5.74) is 1.35. The number of carbonyl (C=O) groups is 2. The van der Waals surface area contributed by atoms with Crippen molar-refractivity contribution in [3.8, 4) is 11.5 Å². The quantitative estimate of drug-likeness (QED) is 0.678. The number of phenolic OH excluding ortho intramolecular Hbond substituents is 2. The lowest BCUT2D eigenvalue weighted by Crippen LogP contribution is -2.21. The summed E-state index contributed by atoms with van der Waals surface area (Å²) >= 11 is 5.73. The minimum atomic E-state index is -0.560. The van der Waals surface area contributed by atoms with Gasteiger partial charge in [0.25, 0.3) is 0 Å². The first-order chi connectivity index (χ1) is 9.93. The fraction of sp³-hybridized carbons (Fsp3) is 0.125. The van der Waals surface area contributed by atoms with Crippen molar-refractivity contribution in [3.05, 3.63) is 57.6 Å². The molecule has 0 bridgehead atoms. The van der Waals surface area contributed by atoms with Crippen molar-refractivity contribution in [3.63, 3.8) is 0 Å². The Kier molecular flexibility index (Phi) is 2.99. The van der Waals surface area contributed by atoms with Crippen LogP contribution in [-0.2, 0) is 5.88 Å². The Labute approximate surface area is 125 Å². The van der Waals surface area contributed by atoms with Gasteiger partial charge in [0.1, 0.15) is 11.5 Å². The zero-order chi connectivity index (χ0) is 15.3. The lowest BCUT2D eigenvalue weighted by Gasteiger charge is -2.20. The van der Waals surface area contributed by atoms with Crippen LogP contribution in [0.3, 0.4) is 0 Å². The van der Waals surface area contributed by atoms with Gasteiger partial charge >= 0.3 is 0 Å². The molecule has 0 radical (unpaired) electrons. The fourth-order valence-corrected chi connectivity index (χ4v) is 2.79. The maximum Gasteiger partial charge on any atom is 0.201 e. The molecular formula is C16H11ClO4. The van der Waals surface area contributed by atoms with Crippen LogP contribution in [-0.4, -0.2) is 21.8 Å². The number of hydrogen-bond donors (Lipinski definition) is 2. The number of alkyl halides is 1. The van der Waals surface area contributed by atoms with Crippen molar-refractivity contribution < 1.29 is 19.8 Å². The third-order valence-corrected chi connectivity index (χ3v) is 3.85. The van der Waals surface area contributed by atoms with Crippen molar-refractivity contribution in [1.29, 1.82) is 0 Å². The van der Waals surface area contributed by atoms with E-state index in [1.54, 1.807) is 13.0 Å². The molecule has 5 heteroatoms. The first-order valence-corrected chi connectivity index (χ1v) is 6.82. The molecule has 1 aliphatic rings. The highest BCUT2D eigenvalue weighted by molar-refractivity contribution is 6.30. The standard InChI is InChI=1S/C16H11ClO4/c1-7-2-9-13(11(18)3-7)16(21)14-10(15(9)20)4-8(6-17)5-12(14)19/h2-5,18-19H,6H2,1H3. The van der Waals surface area contributed by atoms with Crippen LogP contribution in [0.2, 0.25) is 0 Å². The number of ketones is 2. The highest BCUT2D eigenvalue weighted by atomic mass is 35.5. The van der Waals surface area contributed by atoms with E-state index in [9.17, 15) is 19.8 Å². The lowest BCUT2D eigenvalue weighted by molar-refractivity contribution is 0.0974. The first kappa shape index (κ1) is 13.6. The summed E-state index contributed by atoms with van der Waals surface area (Å²) in [7, 11) is 0. The predicted molar refractivity (Wildman–Crippen MR) is 77.4 cm³/mol. The molecule has 3 rings (SSSR count). The van der Waals surface area contributed by atoms with Crippen LogP contribution < -0.4 is 0 Å². The molecule has 0 fully saturated rings. The molecule has 0 aromatic heterocycles. The van der Waals surface area contributed by atoms with E-state index in [-0.39, 0.29) is 39.6 Å². The van der Waals surface area contributed by atoms with E-state index in [0.29, 0.717) is 11.1 Å². The molecule has 2 N–H and O–H groups in total. The smallest absolute Gasteiger partial charge is 0.201 e. The summed E-state index contributed by atoms with van der Waals surface area (Å²) in [6.07, 6.45) is 0. The van der Waals surface area contributed by atoms with Crippen LogP contribution in [0, 0.1) is 6.92 Å². The van der Waals surface area contributed by atoms with Crippen molar-refractivity contribution in [1.82, 2.24) is 0 Å². The maximum atomic E-state index is 12.6. The second-order valence-electron chi connectivity index (χ2n) is 5.04. The molecule has 0 heterocycles. The highest BCUT2D eigenvalue weighted by Gasteiger charge is 2.34. The van der Waals surface area contributed by atoms with Gasteiger partial charge in [-0.25, -0.2) is 0 Å². The zero-order valence-corrected chi connectivity index (χ0v) is 11.9. The van der Waals surface area contributed by atoms with Crippen LogP contribution in [0.1, 0.15) is 43.0 Å². The summed E-state index contributed by atoms with van der Waals surface area (Å²) in [6, 6.07) is 5.83. The number of benzene rings is 2. The van der Waals surface area contributed by atoms with Crippen LogP contribution in [0.4, 0.5) is 0 Å². The molecule has 4 nitrogen and oxygen atoms in total. The third kappa shape index (κ3) is 1.91. The predicted octanol–water partition coefficient (Wildman–Crippen LogP) is 2.92. The molecular weight excluding hydrogens is 292 g/mol. The molecule has 0 unspecified atom stereocenters. The zero-order valence-electron chi connectivity index (χ0n) is 11.1. The fourth-order valence-electron chi connectivity index (χ4n) is 2.63. The lowest BCUT2D eigenvalue weighted by atomic mass is 9.81. The number of hydrogen-bond acceptors (Lipinski definition) is 4. The average molecular weight is 303 g/mol. The summed E-state index contributed by atoms with van der Waals surface area (Å²) < 4.78 is 0. The van der Waals surface area contributed by atoms with Gasteiger partial charge in [-0.15, -0.1) is 11.6 Å². The first-order valence-electron chi connectivity index (χ1n) is 6.29. The molecule has 0 saturated heterocycles. The Morgan fingerprint density at radius 1 is 0.905 bits per heavy atom. The van der Waals surface area contributed by atoms with E-state index in [2.05, 4.69) is 0 Å². The van der Waals surface area contributed by atoms with Gasteiger partial charge in [-0.05, 0) is 42.3 Å². The topological polar surface area (TPSA) is 74.6 Å². The van der Waals surface area contributed by atoms with Crippen molar-refractivity contribution in [2.24, 2.45) is 0 Å². The van der Waals surface area contributed by atoms with Crippen LogP contribution >= 0.6 is 11.6 Å². The summed E-state index contributed by atoms with van der Waals surface area (Å²) in [6.45, 7) is 1.72. The summed E-state index contributed by atoms with van der Waals surface area (Å²) in [5.74, 6) is -1.40. The van der Waals surface area contributed by atoms with Gasteiger partial charge in [0.15, 0.2) is 5.78 Å². The number of halogens is 1. The van der Waals surface area contributed by atoms with E-state index in [0.717, 1.165) is 0 Å². The molecule has 2 aromatic rings. The normalized spacial score (nSPS) is 13.0. The average Bonchev–Trinajstić information content (AvgIpc) is 2.43. The second-order valence-corrected chi connectivity index (χ2v) is 5.30. The second kappa shape index (κ2) is 4.60. The largest absolute Gasteiger partial charge is 0.507 e. The Morgan fingerprint density at radius 3 is 2.10 bits per heavy atom. The van der Waals surface area contributed by atoms with Gasteiger partial charge in [0, 0.05) is 17.0 Å². The number of phenols is 2. The molecule has 0 atom stereocenters. The SMILES string of the molecule is Cc1cc(O)c2c(c1)C(=O)c1cc(CCl)cc(O)c1C2=O. The van der Waals surface area contributed by atoms with Crippen LogP contribution in [0.5, 0.6) is 11.5 Å². The molecule has 0 aliphatic heterocycles. The van der Waals surface area contributed by atoms with E-state index in [4.69, 9.17) is 11.6 Å². The van der Waals surface area contributed by atoms with Gasteiger partial charge in [-0.1, -0.05) is 0 Å². The van der Waals surface area contributed by atoms with Crippen LogP contribution in [0.15, 0.2) is 24.3 Å². The highest BCUT2D eigenvalue weighted by Crippen LogP contribution is 2.38. The number of carbonyl (C=O) groups excluding carboxylic acids is 2. The van der Waals surface area contributed by atoms with Gasteiger partial charge in [0.05, 0.1) is 11.1 Å². The molecule has 1 aliphatic carbocycles. The van der Waals surface area contributed by atoms with E-state index in [1.165, 1.54) is 18.2 Å². The molecule has 0 amide bonds. The Hall–Kier alpha value is -2.33. The monoisotopic (exact) mass is 302 g/mol. The van der Waals surface area contributed by atoms with E-state index in [1.807, 2.05) is 0 Å². The van der Waals surface area contributed by atoms with Crippen molar-refractivity contribution in [2.75, 3.05) is 0 Å². The minimum Gasteiger partial charge on any atom is -0.507 e. The number of aryl methyl sites for hydroxylation is 1. The van der Waals surface area contributed by atoms with Gasteiger partial charge in [-0.2, -0.15) is 0 Å². The summed E-state index contributed by atoms with van der Waals surface area (Å²) in [5, 5.41) is 20.0. The van der Waals surface area contributed by atoms with Crippen LogP contribution in [0.25, 0.3) is 0 Å². The third-order valence-electron chi connectivity index (χ3n) is 3.54. The van der Waals surface area contributed by atoms with Gasteiger partial charge < -0.3 is 10.2 Å². The molecule has 21 heavy (non-hydrogen) atoms. The molecule has 0 spiro atoms. The maximum absolute atomic E-state index is 12.6. The van der Waals surface area contributed by atoms with Crippen molar-refractivity contribution in [2.45, 2.75) is 12.8 Å². The Bertz CT molecular complexity index is 808. The van der Waals surface area contributed by atoms with Gasteiger partial charge in [0.2, 0.25) is 5.78 Å². The molecule has 2 aromatic carbocycles.